The summed E-state index contributed by atoms with van der Waals surface area (Å²) in [5.41, 5.74) is 8.95. The molecule has 0 amide bonds. The molecule has 0 spiro atoms. The molecule has 1 aromatic carbocycles. The highest BCUT2D eigenvalue weighted by Crippen LogP contribution is 2.35. The Kier molecular flexibility index (Phi) is 2.65. The van der Waals surface area contributed by atoms with Crippen LogP contribution in [0.1, 0.15) is 19.8 Å². The zero-order valence-electron chi connectivity index (χ0n) is 12.0. The van der Waals surface area contributed by atoms with Gasteiger partial charge >= 0.3 is 0 Å². The van der Waals surface area contributed by atoms with Gasteiger partial charge in [0.05, 0.1) is 29.4 Å². The smallest absolute Gasteiger partial charge is 0.201 e. The van der Waals surface area contributed by atoms with Gasteiger partial charge in [-0.05, 0) is 25.8 Å². The standard InChI is InChI=1S/C16H18N4O/c1-16(7-4-8-21-10-16)20-14-11-5-2-3-6-12(11)18-9-13(14)19-15(20)17/h2-3,5-6,9H,4,7-8,10H2,1H3,(H2,17,19). The third-order valence-corrected chi connectivity index (χ3v) is 4.37. The van der Waals surface area contributed by atoms with Crippen molar-refractivity contribution in [3.63, 3.8) is 0 Å². The third kappa shape index (κ3) is 1.81. The summed E-state index contributed by atoms with van der Waals surface area (Å²) >= 11 is 0. The van der Waals surface area contributed by atoms with Crippen molar-refractivity contribution >= 4 is 27.9 Å². The lowest BCUT2D eigenvalue weighted by atomic mass is 9.94. The molecule has 1 aliphatic heterocycles. The quantitative estimate of drug-likeness (QED) is 0.745. The Morgan fingerprint density at radius 2 is 2.14 bits per heavy atom. The van der Waals surface area contributed by atoms with Gasteiger partial charge in [-0.1, -0.05) is 18.2 Å². The van der Waals surface area contributed by atoms with Crippen LogP contribution in [0, 0.1) is 0 Å². The van der Waals surface area contributed by atoms with E-state index in [0.29, 0.717) is 12.6 Å². The second-order valence-corrected chi connectivity index (χ2v) is 5.97. The van der Waals surface area contributed by atoms with E-state index in [2.05, 4.69) is 27.5 Å². The summed E-state index contributed by atoms with van der Waals surface area (Å²) < 4.78 is 7.85. The Bertz CT molecular complexity index is 818. The maximum atomic E-state index is 6.23. The molecule has 1 saturated heterocycles. The Labute approximate surface area is 122 Å². The van der Waals surface area contributed by atoms with Crippen molar-refractivity contribution in [1.82, 2.24) is 14.5 Å². The lowest BCUT2D eigenvalue weighted by Gasteiger charge is -2.36. The summed E-state index contributed by atoms with van der Waals surface area (Å²) in [5, 5.41) is 1.09. The second kappa shape index (κ2) is 4.43. The van der Waals surface area contributed by atoms with Gasteiger partial charge in [0.15, 0.2) is 0 Å². The number of pyridine rings is 1. The maximum absolute atomic E-state index is 6.23. The number of fused-ring (bicyclic) bond motifs is 3. The summed E-state index contributed by atoms with van der Waals surface area (Å²) in [4.78, 5) is 8.98. The van der Waals surface area contributed by atoms with E-state index in [4.69, 9.17) is 10.5 Å². The Morgan fingerprint density at radius 3 is 2.95 bits per heavy atom. The number of aromatic nitrogens is 3. The topological polar surface area (TPSA) is 66.0 Å². The number of nitrogens with zero attached hydrogens (tertiary/aromatic N) is 3. The molecule has 108 valence electrons. The molecule has 2 aromatic heterocycles. The van der Waals surface area contributed by atoms with Crippen molar-refractivity contribution < 1.29 is 4.74 Å². The van der Waals surface area contributed by atoms with Gasteiger partial charge in [-0.3, -0.25) is 4.98 Å². The number of rotatable bonds is 1. The minimum atomic E-state index is -0.152. The number of ether oxygens (including phenoxy) is 1. The first-order valence-corrected chi connectivity index (χ1v) is 7.29. The molecule has 1 atom stereocenters. The number of anilines is 1. The van der Waals surface area contributed by atoms with Crippen LogP contribution >= 0.6 is 0 Å². The SMILES string of the molecule is CC1(n2c(N)nc3cnc4ccccc4c32)CCCOC1. The zero-order valence-corrected chi connectivity index (χ0v) is 12.0. The van der Waals surface area contributed by atoms with Crippen molar-refractivity contribution in [3.8, 4) is 0 Å². The Hall–Kier alpha value is -2.14. The van der Waals surface area contributed by atoms with Gasteiger partial charge in [-0.15, -0.1) is 0 Å². The molecule has 3 heterocycles. The third-order valence-electron chi connectivity index (χ3n) is 4.37. The Morgan fingerprint density at radius 1 is 1.29 bits per heavy atom. The van der Waals surface area contributed by atoms with Crippen molar-refractivity contribution in [3.05, 3.63) is 30.5 Å². The number of hydrogen-bond donors (Lipinski definition) is 1. The normalized spacial score (nSPS) is 22.9. The van der Waals surface area contributed by atoms with E-state index in [-0.39, 0.29) is 5.54 Å². The summed E-state index contributed by atoms with van der Waals surface area (Å²) in [6.07, 6.45) is 3.88. The number of benzene rings is 1. The number of nitrogens with two attached hydrogens (primary N) is 1. The van der Waals surface area contributed by atoms with E-state index in [9.17, 15) is 0 Å². The van der Waals surface area contributed by atoms with Crippen LogP contribution in [0.25, 0.3) is 21.9 Å². The van der Waals surface area contributed by atoms with E-state index >= 15 is 0 Å². The molecule has 5 heteroatoms. The van der Waals surface area contributed by atoms with E-state index in [0.717, 1.165) is 41.4 Å². The number of para-hydroxylation sites is 1. The lowest BCUT2D eigenvalue weighted by Crippen LogP contribution is -2.39. The molecule has 1 unspecified atom stereocenters. The lowest BCUT2D eigenvalue weighted by molar-refractivity contribution is 0.0125. The van der Waals surface area contributed by atoms with Crippen molar-refractivity contribution in [2.24, 2.45) is 0 Å². The summed E-state index contributed by atoms with van der Waals surface area (Å²) in [6, 6.07) is 8.12. The molecule has 4 rings (SSSR count). The minimum absolute atomic E-state index is 0.152. The maximum Gasteiger partial charge on any atom is 0.201 e. The summed E-state index contributed by atoms with van der Waals surface area (Å²) in [6.45, 7) is 3.68. The van der Waals surface area contributed by atoms with Crippen LogP contribution in [0.15, 0.2) is 30.5 Å². The molecule has 0 saturated carbocycles. The molecule has 0 radical (unpaired) electrons. The van der Waals surface area contributed by atoms with Crippen LogP contribution in [0.3, 0.4) is 0 Å². The number of hydrogen-bond acceptors (Lipinski definition) is 4. The first-order chi connectivity index (χ1) is 10.2. The van der Waals surface area contributed by atoms with Gasteiger partial charge in [-0.25, -0.2) is 4.98 Å². The molecule has 2 N–H and O–H groups in total. The van der Waals surface area contributed by atoms with Crippen molar-refractivity contribution in [1.29, 1.82) is 0 Å². The van der Waals surface area contributed by atoms with Crippen LogP contribution in [-0.4, -0.2) is 27.7 Å². The van der Waals surface area contributed by atoms with Crippen LogP contribution in [0.5, 0.6) is 0 Å². The van der Waals surface area contributed by atoms with Gasteiger partial charge in [0.1, 0.15) is 5.52 Å². The predicted molar refractivity (Wildman–Crippen MR) is 83.1 cm³/mol. The van der Waals surface area contributed by atoms with Crippen LogP contribution < -0.4 is 5.73 Å². The molecule has 0 bridgehead atoms. The predicted octanol–water partition coefficient (Wildman–Crippen LogP) is 2.69. The van der Waals surface area contributed by atoms with Crippen LogP contribution in [0.2, 0.25) is 0 Å². The van der Waals surface area contributed by atoms with E-state index in [1.54, 1.807) is 6.20 Å². The van der Waals surface area contributed by atoms with Crippen LogP contribution in [0.4, 0.5) is 5.95 Å². The molecule has 5 nitrogen and oxygen atoms in total. The highest BCUT2D eigenvalue weighted by atomic mass is 16.5. The highest BCUT2D eigenvalue weighted by molar-refractivity contribution is 6.03. The van der Waals surface area contributed by atoms with Crippen molar-refractivity contribution in [2.75, 3.05) is 18.9 Å². The molecule has 21 heavy (non-hydrogen) atoms. The van der Waals surface area contributed by atoms with E-state index in [1.165, 1.54) is 0 Å². The average Bonchev–Trinajstić information content (AvgIpc) is 2.85. The highest BCUT2D eigenvalue weighted by Gasteiger charge is 2.33. The summed E-state index contributed by atoms with van der Waals surface area (Å²) in [7, 11) is 0. The van der Waals surface area contributed by atoms with Crippen LogP contribution in [-0.2, 0) is 10.3 Å². The van der Waals surface area contributed by atoms with E-state index < -0.39 is 0 Å². The minimum Gasteiger partial charge on any atom is -0.379 e. The van der Waals surface area contributed by atoms with Gasteiger partial charge in [-0.2, -0.15) is 0 Å². The fraction of sp³-hybridized carbons (Fsp3) is 0.375. The largest absolute Gasteiger partial charge is 0.379 e. The average molecular weight is 282 g/mol. The fourth-order valence-electron chi connectivity index (χ4n) is 3.36. The number of nitrogen functional groups attached to an aromatic ring is 1. The first kappa shape index (κ1) is 12.6. The second-order valence-electron chi connectivity index (χ2n) is 5.97. The molecule has 1 aliphatic rings. The molecule has 1 fully saturated rings. The van der Waals surface area contributed by atoms with Gasteiger partial charge in [0.2, 0.25) is 5.95 Å². The number of imidazole rings is 1. The molecule has 3 aromatic rings. The van der Waals surface area contributed by atoms with Gasteiger partial charge < -0.3 is 15.0 Å². The van der Waals surface area contributed by atoms with Crippen molar-refractivity contribution in [2.45, 2.75) is 25.3 Å². The van der Waals surface area contributed by atoms with E-state index in [1.807, 2.05) is 18.2 Å². The zero-order chi connectivity index (χ0) is 14.4. The van der Waals surface area contributed by atoms with Gasteiger partial charge in [0.25, 0.3) is 0 Å². The first-order valence-electron chi connectivity index (χ1n) is 7.29. The fourth-order valence-corrected chi connectivity index (χ4v) is 3.36. The molecule has 0 aliphatic carbocycles. The molecular weight excluding hydrogens is 264 g/mol. The Balaban J connectivity index is 2.07. The molecular formula is C16H18N4O. The van der Waals surface area contributed by atoms with Gasteiger partial charge in [0, 0.05) is 12.0 Å². The summed E-state index contributed by atoms with van der Waals surface area (Å²) in [5.74, 6) is 0.538. The monoisotopic (exact) mass is 282 g/mol.